The van der Waals surface area contributed by atoms with Crippen molar-refractivity contribution in [3.63, 3.8) is 0 Å². The molecular formula is C13H13N5O5S2. The highest BCUT2D eigenvalue weighted by Gasteiger charge is 2.49. The normalized spacial score (nSPS) is 22.2. The van der Waals surface area contributed by atoms with E-state index in [0.29, 0.717) is 10.8 Å². The van der Waals surface area contributed by atoms with Gasteiger partial charge in [-0.25, -0.2) is 9.78 Å². The molecular weight excluding hydrogens is 370 g/mol. The minimum atomic E-state index is -1.06. The number of hydrogen-bond acceptors (Lipinski definition) is 9. The summed E-state index contributed by atoms with van der Waals surface area (Å²) in [6.07, 6.45) is 2.24. The van der Waals surface area contributed by atoms with E-state index >= 15 is 0 Å². The lowest BCUT2D eigenvalue weighted by Crippen LogP contribution is -2.68. The van der Waals surface area contributed by atoms with Gasteiger partial charge in [0.1, 0.15) is 17.6 Å². The number of carboxylic acid groups (broad SMARTS) is 1. The standard InChI is InChI=1S/C13H13N5O5S2/c14-13-16-7(5-25-13)3-23-15-1-8(19)17-9-10(20)18-2-6(12(21)22)4-24-11(9)18/h1-2,5,9,11H,3-4H2,(H2,14,16)(H,17,19)(H,21,22)/b15-1-/t9?,11-/m1/s1. The topological polar surface area (TPSA) is 147 Å². The number of anilines is 1. The molecule has 0 saturated carbocycles. The minimum Gasteiger partial charge on any atom is -0.478 e. The molecule has 2 aliphatic heterocycles. The van der Waals surface area contributed by atoms with Crippen LogP contribution < -0.4 is 11.1 Å². The minimum absolute atomic E-state index is 0.0782. The fraction of sp³-hybridized carbons (Fsp3) is 0.308. The number of carbonyl (C=O) groups is 3. The Bertz CT molecular complexity index is 777. The maximum Gasteiger partial charge on any atom is 0.333 e. The summed E-state index contributed by atoms with van der Waals surface area (Å²) in [5.41, 5.74) is 6.23. The quantitative estimate of drug-likeness (QED) is 0.341. The SMILES string of the molecule is Nc1nc(CO/N=C\C(=O)NC2C(=O)N3C=C(C(=O)O)CS[C@H]23)cs1. The molecule has 1 aromatic rings. The maximum atomic E-state index is 12.0. The van der Waals surface area contributed by atoms with Crippen molar-refractivity contribution < 1.29 is 24.3 Å². The van der Waals surface area contributed by atoms with Gasteiger partial charge in [0.15, 0.2) is 11.7 Å². The number of aromatic nitrogens is 1. The zero-order valence-electron chi connectivity index (χ0n) is 12.6. The lowest BCUT2D eigenvalue weighted by atomic mass is 10.1. The molecule has 2 aliphatic rings. The van der Waals surface area contributed by atoms with E-state index in [1.807, 2.05) is 0 Å². The Kier molecular flexibility index (Phi) is 4.90. The molecule has 12 heteroatoms. The van der Waals surface area contributed by atoms with E-state index in [1.165, 1.54) is 34.2 Å². The van der Waals surface area contributed by atoms with E-state index in [1.54, 1.807) is 5.38 Å². The van der Waals surface area contributed by atoms with Gasteiger partial charge in [-0.15, -0.1) is 23.1 Å². The number of nitrogens with one attached hydrogen (secondary N) is 1. The number of amides is 2. The summed E-state index contributed by atoms with van der Waals surface area (Å²) in [5, 5.41) is 16.8. The highest BCUT2D eigenvalue weighted by atomic mass is 32.2. The molecule has 0 bridgehead atoms. The molecule has 2 atom stereocenters. The van der Waals surface area contributed by atoms with Crippen LogP contribution in [0.5, 0.6) is 0 Å². The summed E-state index contributed by atoms with van der Waals surface area (Å²) < 4.78 is 0. The Labute approximate surface area is 149 Å². The Morgan fingerprint density at radius 1 is 1.60 bits per heavy atom. The van der Waals surface area contributed by atoms with E-state index in [2.05, 4.69) is 15.5 Å². The molecule has 1 saturated heterocycles. The second-order valence-electron chi connectivity index (χ2n) is 5.08. The third-order valence-electron chi connectivity index (χ3n) is 3.38. The van der Waals surface area contributed by atoms with E-state index in [-0.39, 0.29) is 29.2 Å². The predicted octanol–water partition coefficient (Wildman–Crippen LogP) is -0.404. The first-order valence-corrected chi connectivity index (χ1v) is 8.92. The molecule has 3 heterocycles. The van der Waals surface area contributed by atoms with Crippen LogP contribution in [0, 0.1) is 0 Å². The second kappa shape index (κ2) is 7.11. The molecule has 1 fully saturated rings. The molecule has 1 aromatic heterocycles. The largest absolute Gasteiger partial charge is 0.478 e. The molecule has 1 unspecified atom stereocenters. The number of aliphatic carboxylic acids is 1. The number of β-lactam (4-membered cyclic amide) rings is 1. The first kappa shape index (κ1) is 17.2. The number of thiazole rings is 1. The van der Waals surface area contributed by atoms with Gasteiger partial charge >= 0.3 is 5.97 Å². The fourth-order valence-corrected chi connectivity index (χ4v) is 4.00. The number of hydrogen-bond donors (Lipinski definition) is 3. The van der Waals surface area contributed by atoms with E-state index in [4.69, 9.17) is 15.7 Å². The average Bonchev–Trinajstić information content (AvgIpc) is 3.01. The zero-order chi connectivity index (χ0) is 18.0. The Morgan fingerprint density at radius 3 is 3.08 bits per heavy atom. The highest BCUT2D eigenvalue weighted by molar-refractivity contribution is 8.00. The number of nitrogens with zero attached hydrogens (tertiary/aromatic N) is 3. The van der Waals surface area contributed by atoms with E-state index < -0.39 is 17.9 Å². The van der Waals surface area contributed by atoms with Crippen molar-refractivity contribution >= 4 is 52.2 Å². The van der Waals surface area contributed by atoms with Gasteiger partial charge in [-0.1, -0.05) is 5.16 Å². The number of rotatable bonds is 6. The monoisotopic (exact) mass is 383 g/mol. The number of fused-ring (bicyclic) bond motifs is 1. The first-order valence-electron chi connectivity index (χ1n) is 6.99. The van der Waals surface area contributed by atoms with Crippen LogP contribution in [-0.2, 0) is 25.8 Å². The van der Waals surface area contributed by atoms with Crippen LogP contribution in [0.1, 0.15) is 5.69 Å². The van der Waals surface area contributed by atoms with Crippen molar-refractivity contribution in [2.75, 3.05) is 11.5 Å². The molecule has 132 valence electrons. The van der Waals surface area contributed by atoms with Crippen LogP contribution in [0.3, 0.4) is 0 Å². The summed E-state index contributed by atoms with van der Waals surface area (Å²) in [6.45, 7) is 0.0782. The van der Waals surface area contributed by atoms with Crippen LogP contribution in [0.2, 0.25) is 0 Å². The third kappa shape index (κ3) is 3.74. The van der Waals surface area contributed by atoms with Gasteiger partial charge in [-0.05, 0) is 0 Å². The Hall–Kier alpha value is -2.60. The van der Waals surface area contributed by atoms with Crippen LogP contribution >= 0.6 is 23.1 Å². The first-order chi connectivity index (χ1) is 12.0. The van der Waals surface area contributed by atoms with Gasteiger partial charge in [-0.3, -0.25) is 9.59 Å². The van der Waals surface area contributed by atoms with Crippen molar-refractivity contribution in [2.45, 2.75) is 18.0 Å². The van der Waals surface area contributed by atoms with Crippen LogP contribution in [0.4, 0.5) is 5.13 Å². The van der Waals surface area contributed by atoms with Crippen molar-refractivity contribution in [1.82, 2.24) is 15.2 Å². The van der Waals surface area contributed by atoms with Crippen molar-refractivity contribution in [2.24, 2.45) is 5.16 Å². The third-order valence-corrected chi connectivity index (χ3v) is 5.42. The zero-order valence-corrected chi connectivity index (χ0v) is 14.2. The molecule has 0 spiro atoms. The van der Waals surface area contributed by atoms with Crippen LogP contribution in [-0.4, -0.2) is 56.2 Å². The summed E-state index contributed by atoms with van der Waals surface area (Å²) in [6, 6.07) is -0.714. The molecule has 4 N–H and O–H groups in total. The van der Waals surface area contributed by atoms with E-state index in [0.717, 1.165) is 6.21 Å². The molecule has 3 rings (SSSR count). The van der Waals surface area contributed by atoms with E-state index in [9.17, 15) is 14.4 Å². The van der Waals surface area contributed by atoms with Crippen molar-refractivity contribution in [3.05, 3.63) is 22.8 Å². The molecule has 0 aromatic carbocycles. The number of nitrogen functional groups attached to an aromatic ring is 1. The molecule has 25 heavy (non-hydrogen) atoms. The van der Waals surface area contributed by atoms with Crippen LogP contribution in [0.15, 0.2) is 22.3 Å². The maximum absolute atomic E-state index is 12.0. The lowest BCUT2D eigenvalue weighted by molar-refractivity contribution is -0.144. The fourth-order valence-electron chi connectivity index (χ4n) is 2.20. The molecule has 10 nitrogen and oxygen atoms in total. The number of carboxylic acids is 1. The summed E-state index contributed by atoms with van der Waals surface area (Å²) in [4.78, 5) is 44.9. The summed E-state index contributed by atoms with van der Waals surface area (Å²) in [7, 11) is 0. The van der Waals surface area contributed by atoms with Gasteiger partial charge < -0.3 is 25.9 Å². The van der Waals surface area contributed by atoms with Gasteiger partial charge in [0.05, 0.1) is 11.3 Å². The number of oxime groups is 1. The van der Waals surface area contributed by atoms with Gasteiger partial charge in [0.25, 0.3) is 11.8 Å². The van der Waals surface area contributed by atoms with Crippen molar-refractivity contribution in [3.8, 4) is 0 Å². The van der Waals surface area contributed by atoms with Crippen molar-refractivity contribution in [1.29, 1.82) is 0 Å². The second-order valence-corrected chi connectivity index (χ2v) is 7.07. The Morgan fingerprint density at radius 2 is 2.40 bits per heavy atom. The smallest absolute Gasteiger partial charge is 0.333 e. The van der Waals surface area contributed by atoms with Gasteiger partial charge in [-0.2, -0.15) is 0 Å². The molecule has 0 aliphatic carbocycles. The predicted molar refractivity (Wildman–Crippen MR) is 90.5 cm³/mol. The molecule has 0 radical (unpaired) electrons. The highest BCUT2D eigenvalue weighted by Crippen LogP contribution is 2.35. The number of carbonyl (C=O) groups excluding carboxylic acids is 2. The van der Waals surface area contributed by atoms with Gasteiger partial charge in [0, 0.05) is 17.3 Å². The number of thioether (sulfide) groups is 1. The molecule has 2 amide bonds. The number of nitrogens with two attached hydrogens (primary N) is 1. The Balaban J connectivity index is 1.47. The van der Waals surface area contributed by atoms with Crippen LogP contribution in [0.25, 0.3) is 0 Å². The average molecular weight is 383 g/mol. The lowest BCUT2D eigenvalue weighted by Gasteiger charge is -2.46. The summed E-state index contributed by atoms with van der Waals surface area (Å²) >= 11 is 2.55. The summed E-state index contributed by atoms with van der Waals surface area (Å²) in [5.74, 6) is -1.73. The van der Waals surface area contributed by atoms with Gasteiger partial charge in [0.2, 0.25) is 0 Å².